The van der Waals surface area contributed by atoms with Gasteiger partial charge in [-0.3, -0.25) is 9.59 Å². The molecular formula is C20H22N2O2. The van der Waals surface area contributed by atoms with Crippen LogP contribution in [0, 0.1) is 6.92 Å². The zero-order chi connectivity index (χ0) is 16.9. The molecule has 0 saturated carbocycles. The molecule has 0 radical (unpaired) electrons. The van der Waals surface area contributed by atoms with Crippen molar-refractivity contribution >= 4 is 17.5 Å². The van der Waals surface area contributed by atoms with E-state index >= 15 is 0 Å². The molecule has 4 nitrogen and oxygen atoms in total. The average Bonchev–Trinajstić information content (AvgIpc) is 2.93. The van der Waals surface area contributed by atoms with Gasteiger partial charge in [-0.1, -0.05) is 42.0 Å². The molecule has 2 aromatic rings. The van der Waals surface area contributed by atoms with Gasteiger partial charge in [0.25, 0.3) is 0 Å². The van der Waals surface area contributed by atoms with Crippen LogP contribution in [0.15, 0.2) is 42.5 Å². The van der Waals surface area contributed by atoms with Crippen LogP contribution in [-0.4, -0.2) is 18.4 Å². The van der Waals surface area contributed by atoms with Gasteiger partial charge in [-0.05, 0) is 42.5 Å². The van der Waals surface area contributed by atoms with E-state index in [4.69, 9.17) is 0 Å². The van der Waals surface area contributed by atoms with Crippen molar-refractivity contribution in [1.29, 1.82) is 0 Å². The number of hydrogen-bond donors (Lipinski definition) is 2. The zero-order valence-electron chi connectivity index (χ0n) is 13.9. The third-order valence-corrected chi connectivity index (χ3v) is 4.29. The predicted octanol–water partition coefficient (Wildman–Crippen LogP) is 2.78. The Morgan fingerprint density at radius 2 is 1.83 bits per heavy atom. The van der Waals surface area contributed by atoms with Crippen molar-refractivity contribution in [3.05, 3.63) is 64.7 Å². The fraction of sp³-hybridized carbons (Fsp3) is 0.300. The maximum absolute atomic E-state index is 11.9. The summed E-state index contributed by atoms with van der Waals surface area (Å²) in [5, 5.41) is 5.79. The summed E-state index contributed by atoms with van der Waals surface area (Å²) in [7, 11) is 0. The van der Waals surface area contributed by atoms with E-state index in [0.717, 1.165) is 29.7 Å². The molecule has 0 atom stereocenters. The van der Waals surface area contributed by atoms with E-state index in [1.54, 1.807) is 0 Å². The van der Waals surface area contributed by atoms with E-state index in [0.29, 0.717) is 19.4 Å². The molecule has 0 saturated heterocycles. The lowest BCUT2D eigenvalue weighted by Gasteiger charge is -2.07. The van der Waals surface area contributed by atoms with Gasteiger partial charge in [0.05, 0.1) is 6.42 Å². The largest absolute Gasteiger partial charge is 0.356 e. The second-order valence-corrected chi connectivity index (χ2v) is 6.30. The van der Waals surface area contributed by atoms with Gasteiger partial charge in [-0.15, -0.1) is 0 Å². The molecule has 1 aliphatic heterocycles. The Balaban J connectivity index is 1.41. The highest BCUT2D eigenvalue weighted by atomic mass is 16.2. The minimum atomic E-state index is 0.0477. The average molecular weight is 322 g/mol. The molecular weight excluding hydrogens is 300 g/mol. The van der Waals surface area contributed by atoms with Gasteiger partial charge in [0.2, 0.25) is 11.8 Å². The van der Waals surface area contributed by atoms with E-state index in [9.17, 15) is 9.59 Å². The molecule has 0 spiro atoms. The summed E-state index contributed by atoms with van der Waals surface area (Å²) in [4.78, 5) is 23.3. The second kappa shape index (κ2) is 7.30. The van der Waals surface area contributed by atoms with Gasteiger partial charge in [-0.25, -0.2) is 0 Å². The number of anilines is 1. The van der Waals surface area contributed by atoms with Crippen LogP contribution in [0.4, 0.5) is 5.69 Å². The second-order valence-electron chi connectivity index (χ2n) is 6.30. The Bertz CT molecular complexity index is 751. The summed E-state index contributed by atoms with van der Waals surface area (Å²) in [5.74, 6) is 0.125. The summed E-state index contributed by atoms with van der Waals surface area (Å²) in [6, 6.07) is 14.3. The van der Waals surface area contributed by atoms with Gasteiger partial charge in [0.1, 0.15) is 0 Å². The van der Waals surface area contributed by atoms with E-state index in [1.165, 1.54) is 11.1 Å². The number of nitrogens with one attached hydrogen (secondary N) is 2. The van der Waals surface area contributed by atoms with Crippen molar-refractivity contribution in [3.63, 3.8) is 0 Å². The monoisotopic (exact) mass is 322 g/mol. The first-order valence-corrected chi connectivity index (χ1v) is 8.34. The molecule has 124 valence electrons. The molecule has 0 aromatic heterocycles. The summed E-state index contributed by atoms with van der Waals surface area (Å²) in [6.45, 7) is 2.67. The van der Waals surface area contributed by atoms with Crippen LogP contribution in [0.2, 0.25) is 0 Å². The van der Waals surface area contributed by atoms with Crippen molar-refractivity contribution in [2.75, 3.05) is 11.9 Å². The number of carbonyl (C=O) groups excluding carboxylic acids is 2. The van der Waals surface area contributed by atoms with Gasteiger partial charge in [0, 0.05) is 18.7 Å². The van der Waals surface area contributed by atoms with E-state index in [2.05, 4.69) is 41.8 Å². The molecule has 0 unspecified atom stereocenters. The van der Waals surface area contributed by atoms with Crippen LogP contribution in [0.25, 0.3) is 0 Å². The first-order chi connectivity index (χ1) is 11.6. The maximum Gasteiger partial charge on any atom is 0.228 e. The lowest BCUT2D eigenvalue weighted by atomic mass is 10.1. The number of fused-ring (bicyclic) bond motifs is 1. The highest BCUT2D eigenvalue weighted by molar-refractivity contribution is 5.99. The summed E-state index contributed by atoms with van der Waals surface area (Å²) >= 11 is 0. The summed E-state index contributed by atoms with van der Waals surface area (Å²) in [5.41, 5.74) is 5.51. The highest BCUT2D eigenvalue weighted by Crippen LogP contribution is 2.23. The molecule has 4 heteroatoms. The van der Waals surface area contributed by atoms with Crippen LogP contribution >= 0.6 is 0 Å². The minimum absolute atomic E-state index is 0.0477. The van der Waals surface area contributed by atoms with Crippen LogP contribution < -0.4 is 10.6 Å². The summed E-state index contributed by atoms with van der Waals surface area (Å²) in [6.07, 6.45) is 2.49. The van der Waals surface area contributed by atoms with Crippen molar-refractivity contribution in [3.8, 4) is 0 Å². The van der Waals surface area contributed by atoms with E-state index in [-0.39, 0.29) is 11.8 Å². The molecule has 1 aliphatic rings. The number of aryl methyl sites for hydroxylation is 2. The fourth-order valence-electron chi connectivity index (χ4n) is 2.89. The standard InChI is InChI=1S/C20H22N2O2/c1-14-2-4-15(5-3-14)7-9-19(23)21-11-10-16-6-8-18-17(12-16)13-20(24)22-18/h2-6,8,12H,7,9-11,13H2,1H3,(H,21,23)(H,22,24). The van der Waals surface area contributed by atoms with Gasteiger partial charge >= 0.3 is 0 Å². The third-order valence-electron chi connectivity index (χ3n) is 4.29. The topological polar surface area (TPSA) is 58.2 Å². The van der Waals surface area contributed by atoms with Crippen LogP contribution in [0.1, 0.15) is 28.7 Å². The molecule has 3 rings (SSSR count). The van der Waals surface area contributed by atoms with Crippen LogP contribution in [0.5, 0.6) is 0 Å². The Morgan fingerprint density at radius 3 is 2.62 bits per heavy atom. The molecule has 2 N–H and O–H groups in total. The Hall–Kier alpha value is -2.62. The Kier molecular flexibility index (Phi) is 4.94. The Morgan fingerprint density at radius 1 is 1.08 bits per heavy atom. The maximum atomic E-state index is 11.9. The van der Waals surface area contributed by atoms with Crippen LogP contribution in [-0.2, 0) is 28.9 Å². The number of hydrogen-bond acceptors (Lipinski definition) is 2. The quantitative estimate of drug-likeness (QED) is 0.859. The van der Waals surface area contributed by atoms with Crippen molar-refractivity contribution in [2.24, 2.45) is 0 Å². The van der Waals surface area contributed by atoms with Gasteiger partial charge in [-0.2, -0.15) is 0 Å². The predicted molar refractivity (Wildman–Crippen MR) is 95.0 cm³/mol. The lowest BCUT2D eigenvalue weighted by molar-refractivity contribution is -0.121. The molecule has 2 aromatic carbocycles. The first-order valence-electron chi connectivity index (χ1n) is 8.34. The number of carbonyl (C=O) groups is 2. The lowest BCUT2D eigenvalue weighted by Crippen LogP contribution is -2.25. The minimum Gasteiger partial charge on any atom is -0.356 e. The normalized spacial score (nSPS) is 12.6. The highest BCUT2D eigenvalue weighted by Gasteiger charge is 2.17. The molecule has 0 aliphatic carbocycles. The zero-order valence-corrected chi connectivity index (χ0v) is 13.9. The Labute approximate surface area is 142 Å². The number of rotatable bonds is 6. The van der Waals surface area contributed by atoms with Gasteiger partial charge < -0.3 is 10.6 Å². The molecule has 2 amide bonds. The fourth-order valence-corrected chi connectivity index (χ4v) is 2.89. The van der Waals surface area contributed by atoms with Crippen LogP contribution in [0.3, 0.4) is 0 Å². The van der Waals surface area contributed by atoms with Crippen molar-refractivity contribution < 1.29 is 9.59 Å². The third kappa shape index (κ3) is 4.22. The van der Waals surface area contributed by atoms with Crippen molar-refractivity contribution in [1.82, 2.24) is 5.32 Å². The van der Waals surface area contributed by atoms with E-state index < -0.39 is 0 Å². The molecule has 1 heterocycles. The van der Waals surface area contributed by atoms with Gasteiger partial charge in [0.15, 0.2) is 0 Å². The number of benzene rings is 2. The van der Waals surface area contributed by atoms with E-state index in [1.807, 2.05) is 18.2 Å². The SMILES string of the molecule is Cc1ccc(CCC(=O)NCCc2ccc3c(c2)CC(=O)N3)cc1. The molecule has 24 heavy (non-hydrogen) atoms. The summed E-state index contributed by atoms with van der Waals surface area (Å²) < 4.78 is 0. The first kappa shape index (κ1) is 16.2. The van der Waals surface area contributed by atoms with Crippen molar-refractivity contribution in [2.45, 2.75) is 32.6 Å². The molecule has 0 fully saturated rings. The molecule has 0 bridgehead atoms. The number of amides is 2. The smallest absolute Gasteiger partial charge is 0.228 e.